The number of sulfonamides is 1. The second-order valence-electron chi connectivity index (χ2n) is 6.29. The first-order valence-corrected chi connectivity index (χ1v) is 9.67. The molecule has 2 aromatic carbocycles. The van der Waals surface area contributed by atoms with Crippen LogP contribution in [0.4, 0.5) is 5.69 Å². The summed E-state index contributed by atoms with van der Waals surface area (Å²) in [5, 5.41) is 13.9. The topological polar surface area (TPSA) is 92.6 Å². The van der Waals surface area contributed by atoms with Gasteiger partial charge >= 0.3 is 0 Å². The number of nitro groups is 1. The molecule has 0 atom stereocenters. The largest absolute Gasteiger partial charge is 0.309 e. The Morgan fingerprint density at radius 2 is 1.46 bits per heavy atom. The number of nitrogens with one attached hydrogen (secondary N) is 1. The van der Waals surface area contributed by atoms with E-state index in [-0.39, 0.29) is 16.6 Å². The molecule has 8 heteroatoms. The predicted molar refractivity (Wildman–Crippen MR) is 100 cm³/mol. The maximum atomic E-state index is 12.4. The number of hydrogen-bond acceptors (Lipinski definition) is 5. The summed E-state index contributed by atoms with van der Waals surface area (Å²) in [6.07, 6.45) is 0. The Morgan fingerprint density at radius 1 is 1.00 bits per heavy atom. The van der Waals surface area contributed by atoms with E-state index in [1.807, 2.05) is 13.8 Å². The van der Waals surface area contributed by atoms with Crippen LogP contribution in [0.15, 0.2) is 53.4 Å². The van der Waals surface area contributed by atoms with E-state index < -0.39 is 14.9 Å². The van der Waals surface area contributed by atoms with Crippen molar-refractivity contribution < 1.29 is 13.3 Å². The molecule has 0 aromatic heterocycles. The van der Waals surface area contributed by atoms with E-state index in [4.69, 9.17) is 0 Å². The van der Waals surface area contributed by atoms with Crippen LogP contribution in [0, 0.1) is 10.1 Å². The molecule has 0 saturated heterocycles. The Balaban J connectivity index is 1.94. The third-order valence-electron chi connectivity index (χ3n) is 4.13. The number of benzene rings is 2. The van der Waals surface area contributed by atoms with Gasteiger partial charge in [0.1, 0.15) is 0 Å². The van der Waals surface area contributed by atoms with Crippen molar-refractivity contribution in [2.75, 3.05) is 7.05 Å². The first-order valence-electron chi connectivity index (χ1n) is 8.23. The van der Waals surface area contributed by atoms with Gasteiger partial charge in [-0.1, -0.05) is 24.3 Å². The molecule has 140 valence electrons. The van der Waals surface area contributed by atoms with E-state index in [1.54, 1.807) is 43.4 Å². The van der Waals surface area contributed by atoms with Crippen LogP contribution in [0.2, 0.25) is 0 Å². The Bertz CT molecular complexity index is 847. The molecule has 7 nitrogen and oxygen atoms in total. The monoisotopic (exact) mass is 377 g/mol. The molecule has 0 saturated carbocycles. The number of nitro benzene ring substituents is 1. The summed E-state index contributed by atoms with van der Waals surface area (Å²) in [7, 11) is -1.90. The number of nitrogens with zero attached hydrogens (tertiary/aromatic N) is 2. The van der Waals surface area contributed by atoms with Gasteiger partial charge in [0.05, 0.1) is 9.82 Å². The van der Waals surface area contributed by atoms with E-state index in [0.717, 1.165) is 11.1 Å². The minimum atomic E-state index is -3.47. The lowest BCUT2D eigenvalue weighted by Gasteiger charge is -2.21. The minimum Gasteiger partial charge on any atom is -0.309 e. The number of rotatable bonds is 8. The Labute approximate surface area is 153 Å². The van der Waals surface area contributed by atoms with Gasteiger partial charge in [-0.05, 0) is 37.1 Å². The van der Waals surface area contributed by atoms with Crippen molar-refractivity contribution >= 4 is 15.7 Å². The normalized spacial score (nSPS) is 11.9. The summed E-state index contributed by atoms with van der Waals surface area (Å²) >= 11 is 0. The van der Waals surface area contributed by atoms with E-state index in [9.17, 15) is 18.5 Å². The second-order valence-corrected chi connectivity index (χ2v) is 8.28. The van der Waals surface area contributed by atoms with E-state index in [2.05, 4.69) is 5.32 Å². The molecule has 1 N–H and O–H groups in total. The van der Waals surface area contributed by atoms with Crippen molar-refractivity contribution in [3.63, 3.8) is 0 Å². The highest BCUT2D eigenvalue weighted by molar-refractivity contribution is 7.89. The lowest BCUT2D eigenvalue weighted by Crippen LogP contribution is -2.33. The third-order valence-corrected chi connectivity index (χ3v) is 6.18. The fourth-order valence-corrected chi connectivity index (χ4v) is 3.68. The lowest BCUT2D eigenvalue weighted by atomic mass is 10.2. The lowest BCUT2D eigenvalue weighted by molar-refractivity contribution is -0.384. The smallest absolute Gasteiger partial charge is 0.269 e. The molecule has 0 aliphatic carbocycles. The SMILES string of the molecule is CC(C)N(C)S(=O)(=O)c1ccc(CNCc2ccc([N+](=O)[O-])cc2)cc1. The predicted octanol–water partition coefficient (Wildman–Crippen LogP) is 2.91. The average molecular weight is 377 g/mol. The van der Waals surface area contributed by atoms with Crippen LogP contribution >= 0.6 is 0 Å². The van der Waals surface area contributed by atoms with Crippen LogP contribution in [0.25, 0.3) is 0 Å². The van der Waals surface area contributed by atoms with Gasteiger partial charge in [0.15, 0.2) is 0 Å². The Hall–Kier alpha value is -2.29. The molecule has 0 heterocycles. The van der Waals surface area contributed by atoms with Crippen LogP contribution in [0.3, 0.4) is 0 Å². The van der Waals surface area contributed by atoms with Gasteiger partial charge in [-0.15, -0.1) is 0 Å². The summed E-state index contributed by atoms with van der Waals surface area (Å²) in [4.78, 5) is 10.5. The molecule has 0 amide bonds. The fraction of sp³-hybridized carbons (Fsp3) is 0.333. The molecular formula is C18H23N3O4S. The number of non-ortho nitro benzene ring substituents is 1. The quantitative estimate of drug-likeness (QED) is 0.564. The van der Waals surface area contributed by atoms with Crippen molar-refractivity contribution in [2.24, 2.45) is 0 Å². The second kappa shape index (κ2) is 8.39. The summed E-state index contributed by atoms with van der Waals surface area (Å²) in [5.41, 5.74) is 1.96. The van der Waals surface area contributed by atoms with Gasteiger partial charge in [-0.25, -0.2) is 8.42 Å². The zero-order chi connectivity index (χ0) is 19.3. The minimum absolute atomic E-state index is 0.0666. The van der Waals surface area contributed by atoms with E-state index >= 15 is 0 Å². The summed E-state index contributed by atoms with van der Waals surface area (Å²) in [5.74, 6) is 0. The molecule has 26 heavy (non-hydrogen) atoms. The average Bonchev–Trinajstić information content (AvgIpc) is 2.61. The summed E-state index contributed by atoms with van der Waals surface area (Å²) in [6.45, 7) is 4.79. The zero-order valence-electron chi connectivity index (χ0n) is 15.0. The van der Waals surface area contributed by atoms with Gasteiger partial charge in [-0.2, -0.15) is 4.31 Å². The van der Waals surface area contributed by atoms with Crippen LogP contribution < -0.4 is 5.32 Å². The molecule has 0 radical (unpaired) electrons. The van der Waals surface area contributed by atoms with Crippen LogP contribution in [0.5, 0.6) is 0 Å². The van der Waals surface area contributed by atoms with Gasteiger partial charge < -0.3 is 5.32 Å². The van der Waals surface area contributed by atoms with E-state index in [0.29, 0.717) is 13.1 Å². The molecule has 0 fully saturated rings. The van der Waals surface area contributed by atoms with Crippen molar-refractivity contribution in [1.82, 2.24) is 9.62 Å². The van der Waals surface area contributed by atoms with E-state index in [1.165, 1.54) is 16.4 Å². The summed E-state index contributed by atoms with van der Waals surface area (Å²) < 4.78 is 26.2. The third kappa shape index (κ3) is 4.87. The van der Waals surface area contributed by atoms with Gasteiger partial charge in [0.2, 0.25) is 10.0 Å². The zero-order valence-corrected chi connectivity index (χ0v) is 15.9. The highest BCUT2D eigenvalue weighted by Gasteiger charge is 2.22. The first-order chi connectivity index (χ1) is 12.2. The van der Waals surface area contributed by atoms with Gasteiger partial charge in [0.25, 0.3) is 5.69 Å². The van der Waals surface area contributed by atoms with Crippen molar-refractivity contribution in [3.8, 4) is 0 Å². The molecule has 0 aliphatic heterocycles. The Morgan fingerprint density at radius 3 is 1.88 bits per heavy atom. The molecule has 0 aliphatic rings. The fourth-order valence-electron chi connectivity index (χ4n) is 2.31. The van der Waals surface area contributed by atoms with Crippen LogP contribution in [-0.2, 0) is 23.1 Å². The molecule has 0 unspecified atom stereocenters. The first kappa shape index (κ1) is 20.0. The van der Waals surface area contributed by atoms with Crippen LogP contribution in [-0.4, -0.2) is 30.7 Å². The van der Waals surface area contributed by atoms with Gasteiger partial charge in [0, 0.05) is 38.3 Å². The van der Waals surface area contributed by atoms with Crippen LogP contribution in [0.1, 0.15) is 25.0 Å². The molecule has 2 rings (SSSR count). The molecule has 0 spiro atoms. The van der Waals surface area contributed by atoms with Crippen molar-refractivity contribution in [1.29, 1.82) is 0 Å². The summed E-state index contributed by atoms with van der Waals surface area (Å²) in [6, 6.07) is 13.0. The standard InChI is InChI=1S/C18H23N3O4S/c1-14(2)20(3)26(24,25)18-10-6-16(7-11-18)13-19-12-15-4-8-17(9-5-15)21(22)23/h4-11,14,19H,12-13H2,1-3H3. The highest BCUT2D eigenvalue weighted by Crippen LogP contribution is 2.17. The highest BCUT2D eigenvalue weighted by atomic mass is 32.2. The van der Waals surface area contributed by atoms with Crippen molar-refractivity contribution in [2.45, 2.75) is 37.9 Å². The van der Waals surface area contributed by atoms with Gasteiger partial charge in [-0.3, -0.25) is 10.1 Å². The maximum absolute atomic E-state index is 12.4. The Kier molecular flexibility index (Phi) is 6.47. The molecular weight excluding hydrogens is 354 g/mol. The molecule has 2 aromatic rings. The number of hydrogen-bond donors (Lipinski definition) is 1. The molecule has 0 bridgehead atoms. The maximum Gasteiger partial charge on any atom is 0.269 e. The van der Waals surface area contributed by atoms with Crippen molar-refractivity contribution in [3.05, 3.63) is 69.8 Å².